The van der Waals surface area contributed by atoms with Gasteiger partial charge in [0.1, 0.15) is 17.3 Å². The van der Waals surface area contributed by atoms with Gasteiger partial charge in [-0.15, -0.1) is 0 Å². The van der Waals surface area contributed by atoms with Crippen molar-refractivity contribution >= 4 is 23.0 Å². The summed E-state index contributed by atoms with van der Waals surface area (Å²) >= 11 is 0. The Hall–Kier alpha value is -2.69. The Morgan fingerprint density at radius 2 is 1.92 bits per heavy atom. The maximum absolute atomic E-state index is 13.3. The molecule has 4 nitrogen and oxygen atoms in total. The average molecular weight is 352 g/mol. The zero-order chi connectivity index (χ0) is 18.6. The van der Waals surface area contributed by atoms with Crippen molar-refractivity contribution in [3.05, 3.63) is 53.3 Å². The van der Waals surface area contributed by atoms with Crippen molar-refractivity contribution in [2.45, 2.75) is 38.6 Å². The van der Waals surface area contributed by atoms with Crippen LogP contribution >= 0.6 is 0 Å². The topological polar surface area (TPSA) is 41.9 Å². The van der Waals surface area contributed by atoms with E-state index in [-0.39, 0.29) is 17.3 Å². The third-order valence-electron chi connectivity index (χ3n) is 5.24. The number of halogens is 1. The standard InChI is InChI=1S/C21H21FN2O2/c1-12-11-21(2,3)24-19-16(12)9-15(26-4)10-17(19)18(20(24)25)23-14-7-5-13(22)6-8-14/h5-10,12H,11H2,1-4H3/t12-/m1/s1. The van der Waals surface area contributed by atoms with Gasteiger partial charge >= 0.3 is 0 Å². The van der Waals surface area contributed by atoms with Gasteiger partial charge in [-0.05, 0) is 68.1 Å². The highest BCUT2D eigenvalue weighted by molar-refractivity contribution is 6.55. The third kappa shape index (κ3) is 2.42. The molecule has 0 unspecified atom stereocenters. The fraction of sp³-hybridized carbons (Fsp3) is 0.333. The molecule has 0 spiro atoms. The van der Waals surface area contributed by atoms with Crippen molar-refractivity contribution in [2.75, 3.05) is 12.0 Å². The molecule has 2 heterocycles. The first-order valence-corrected chi connectivity index (χ1v) is 8.73. The van der Waals surface area contributed by atoms with Gasteiger partial charge in [0.2, 0.25) is 0 Å². The van der Waals surface area contributed by atoms with E-state index in [1.807, 2.05) is 17.0 Å². The third-order valence-corrected chi connectivity index (χ3v) is 5.24. The number of rotatable bonds is 2. The number of nitrogens with zero attached hydrogens (tertiary/aromatic N) is 2. The number of amides is 1. The summed E-state index contributed by atoms with van der Waals surface area (Å²) in [6.07, 6.45) is 0.863. The van der Waals surface area contributed by atoms with Crippen molar-refractivity contribution in [1.29, 1.82) is 0 Å². The normalized spacial score (nSPS) is 21.9. The Morgan fingerprint density at radius 3 is 2.58 bits per heavy atom. The number of anilines is 1. The molecule has 26 heavy (non-hydrogen) atoms. The first-order chi connectivity index (χ1) is 12.3. The molecule has 1 atom stereocenters. The summed E-state index contributed by atoms with van der Waals surface area (Å²) in [6.45, 7) is 6.34. The first kappa shape index (κ1) is 16.8. The van der Waals surface area contributed by atoms with Crippen molar-refractivity contribution < 1.29 is 13.9 Å². The highest BCUT2D eigenvalue weighted by atomic mass is 19.1. The molecular formula is C21H21FN2O2. The number of ether oxygens (including phenoxy) is 1. The van der Waals surface area contributed by atoms with Crippen LogP contribution in [-0.4, -0.2) is 24.3 Å². The van der Waals surface area contributed by atoms with Crippen LogP contribution in [-0.2, 0) is 4.79 Å². The largest absolute Gasteiger partial charge is 0.497 e. The summed E-state index contributed by atoms with van der Waals surface area (Å²) in [6, 6.07) is 9.73. The molecule has 5 heteroatoms. The van der Waals surface area contributed by atoms with Crippen molar-refractivity contribution in [3.8, 4) is 5.75 Å². The van der Waals surface area contributed by atoms with Gasteiger partial charge in [-0.3, -0.25) is 4.79 Å². The van der Waals surface area contributed by atoms with Gasteiger partial charge in [-0.1, -0.05) is 6.92 Å². The van der Waals surface area contributed by atoms with E-state index in [0.717, 1.165) is 23.2 Å². The summed E-state index contributed by atoms with van der Waals surface area (Å²) < 4.78 is 18.7. The zero-order valence-electron chi connectivity index (χ0n) is 15.3. The molecule has 4 rings (SSSR count). The van der Waals surface area contributed by atoms with Crippen LogP contribution in [0.15, 0.2) is 41.4 Å². The van der Waals surface area contributed by atoms with Crippen LogP contribution in [0.5, 0.6) is 5.75 Å². The van der Waals surface area contributed by atoms with E-state index in [4.69, 9.17) is 4.74 Å². The van der Waals surface area contributed by atoms with Gasteiger partial charge in [-0.2, -0.15) is 0 Å². The number of hydrogen-bond donors (Lipinski definition) is 0. The molecule has 0 N–H and O–H groups in total. The lowest BCUT2D eigenvalue weighted by Crippen LogP contribution is -2.50. The molecule has 0 saturated carbocycles. The lowest BCUT2D eigenvalue weighted by molar-refractivity contribution is -0.113. The number of benzene rings is 2. The number of aliphatic imine (C=N–C) groups is 1. The lowest BCUT2D eigenvalue weighted by Gasteiger charge is -2.43. The molecular weight excluding hydrogens is 331 g/mol. The van der Waals surface area contributed by atoms with Gasteiger partial charge in [0.05, 0.1) is 18.5 Å². The predicted molar refractivity (Wildman–Crippen MR) is 100 cm³/mol. The van der Waals surface area contributed by atoms with E-state index in [9.17, 15) is 9.18 Å². The van der Waals surface area contributed by atoms with Gasteiger partial charge < -0.3 is 9.64 Å². The van der Waals surface area contributed by atoms with E-state index in [1.165, 1.54) is 12.1 Å². The smallest absolute Gasteiger partial charge is 0.278 e. The van der Waals surface area contributed by atoms with Crippen molar-refractivity contribution in [3.63, 3.8) is 0 Å². The minimum Gasteiger partial charge on any atom is -0.497 e. The molecule has 0 aliphatic carbocycles. The summed E-state index contributed by atoms with van der Waals surface area (Å²) in [5.74, 6) is 0.580. The molecule has 0 radical (unpaired) electrons. The van der Waals surface area contributed by atoms with Crippen molar-refractivity contribution in [2.24, 2.45) is 4.99 Å². The minimum absolute atomic E-state index is 0.115. The Kier molecular flexibility index (Phi) is 3.65. The maximum Gasteiger partial charge on any atom is 0.278 e. The van der Waals surface area contributed by atoms with Crippen molar-refractivity contribution in [1.82, 2.24) is 0 Å². The molecule has 1 amide bonds. The monoisotopic (exact) mass is 352 g/mol. The fourth-order valence-corrected chi connectivity index (χ4v) is 4.16. The zero-order valence-corrected chi connectivity index (χ0v) is 15.3. The molecule has 2 aromatic rings. The van der Waals surface area contributed by atoms with Crippen LogP contribution in [0.3, 0.4) is 0 Å². The molecule has 134 valence electrons. The summed E-state index contributed by atoms with van der Waals surface area (Å²) in [5, 5.41) is 0. The Labute approximate surface area is 152 Å². The molecule has 0 saturated heterocycles. The maximum atomic E-state index is 13.3. The van der Waals surface area contributed by atoms with Gasteiger partial charge in [0.15, 0.2) is 0 Å². The van der Waals surface area contributed by atoms with Gasteiger partial charge in [0.25, 0.3) is 5.91 Å². The van der Waals surface area contributed by atoms with E-state index in [2.05, 4.69) is 25.8 Å². The highest BCUT2D eigenvalue weighted by Gasteiger charge is 2.48. The number of hydrogen-bond acceptors (Lipinski definition) is 3. The molecule has 2 aromatic carbocycles. The predicted octanol–water partition coefficient (Wildman–Crippen LogP) is 4.59. The second kappa shape index (κ2) is 5.66. The first-order valence-electron chi connectivity index (χ1n) is 8.73. The highest BCUT2D eigenvalue weighted by Crippen LogP contribution is 2.50. The number of methoxy groups -OCH3 is 1. The number of carbonyl (C=O) groups excluding carboxylic acids is 1. The van der Waals surface area contributed by atoms with E-state index >= 15 is 0 Å². The van der Waals surface area contributed by atoms with Crippen LogP contribution in [0.4, 0.5) is 15.8 Å². The summed E-state index contributed by atoms with van der Waals surface area (Å²) in [4.78, 5) is 19.7. The van der Waals surface area contributed by atoms with Crippen LogP contribution < -0.4 is 9.64 Å². The molecule has 0 aromatic heterocycles. The average Bonchev–Trinajstić information content (AvgIpc) is 2.87. The Balaban J connectivity index is 1.96. The second-order valence-corrected chi connectivity index (χ2v) is 7.61. The SMILES string of the molecule is COc1cc2c3c(c1)[C@H](C)CC(C)(C)N3C(=O)C2=Nc1ccc(F)cc1. The summed E-state index contributed by atoms with van der Waals surface area (Å²) in [7, 11) is 1.62. The lowest BCUT2D eigenvalue weighted by atomic mass is 9.80. The Bertz CT molecular complexity index is 932. The molecule has 0 bridgehead atoms. The van der Waals surface area contributed by atoms with Gasteiger partial charge in [0, 0.05) is 11.1 Å². The second-order valence-electron chi connectivity index (χ2n) is 7.61. The van der Waals surface area contributed by atoms with E-state index in [1.54, 1.807) is 19.2 Å². The van der Waals surface area contributed by atoms with Crippen LogP contribution in [0.2, 0.25) is 0 Å². The van der Waals surface area contributed by atoms with E-state index in [0.29, 0.717) is 23.1 Å². The Morgan fingerprint density at radius 1 is 1.23 bits per heavy atom. The molecule has 2 aliphatic heterocycles. The van der Waals surface area contributed by atoms with Crippen LogP contribution in [0, 0.1) is 5.82 Å². The fourth-order valence-electron chi connectivity index (χ4n) is 4.16. The molecule has 0 fully saturated rings. The molecule has 2 aliphatic rings. The van der Waals surface area contributed by atoms with Gasteiger partial charge in [-0.25, -0.2) is 9.38 Å². The minimum atomic E-state index is -0.328. The number of carbonyl (C=O) groups is 1. The summed E-state index contributed by atoms with van der Waals surface area (Å²) in [5.41, 5.74) is 3.46. The van der Waals surface area contributed by atoms with Crippen LogP contribution in [0.1, 0.15) is 44.2 Å². The van der Waals surface area contributed by atoms with Crippen LogP contribution in [0.25, 0.3) is 0 Å². The van der Waals surface area contributed by atoms with E-state index < -0.39 is 0 Å². The quantitative estimate of drug-likeness (QED) is 0.793.